The van der Waals surface area contributed by atoms with Crippen molar-refractivity contribution in [1.82, 2.24) is 4.98 Å². The molecule has 23 heavy (non-hydrogen) atoms. The Morgan fingerprint density at radius 2 is 2.09 bits per heavy atom. The van der Waals surface area contributed by atoms with Gasteiger partial charge in [-0.2, -0.15) is 0 Å². The van der Waals surface area contributed by atoms with E-state index >= 15 is 0 Å². The molecule has 2 rings (SSSR count). The van der Waals surface area contributed by atoms with Crippen LogP contribution in [0.3, 0.4) is 0 Å². The molecule has 0 spiro atoms. The van der Waals surface area contributed by atoms with Crippen LogP contribution in [0.5, 0.6) is 0 Å². The van der Waals surface area contributed by atoms with Crippen molar-refractivity contribution in [2.45, 2.75) is 39.7 Å². The van der Waals surface area contributed by atoms with Gasteiger partial charge in [0.05, 0.1) is 17.2 Å². The average Bonchev–Trinajstić information content (AvgIpc) is 2.48. The molecule has 0 bridgehead atoms. The lowest BCUT2D eigenvalue weighted by molar-refractivity contribution is 0.0829. The van der Waals surface area contributed by atoms with Crippen LogP contribution in [0.1, 0.15) is 43.2 Å². The second kappa shape index (κ2) is 6.62. The molecule has 0 aliphatic heterocycles. The number of carbonyl (C=O) groups excluding carboxylic acids is 1. The summed E-state index contributed by atoms with van der Waals surface area (Å²) in [5.74, 6) is 0.220. The van der Waals surface area contributed by atoms with Gasteiger partial charge in [-0.1, -0.05) is 11.6 Å². The monoisotopic (exact) mass is 335 g/mol. The van der Waals surface area contributed by atoms with Gasteiger partial charge in [0.2, 0.25) is 0 Å². The van der Waals surface area contributed by atoms with Gasteiger partial charge in [0.25, 0.3) is 0 Å². The lowest BCUT2D eigenvalue weighted by Crippen LogP contribution is -2.38. The number of nitrogens with zero attached hydrogens (tertiary/aromatic N) is 1. The number of aryl methyl sites for hydroxylation is 1. The molecule has 0 radical (unpaired) electrons. The third kappa shape index (κ3) is 3.67. The van der Waals surface area contributed by atoms with E-state index < -0.39 is 5.41 Å². The van der Waals surface area contributed by atoms with Gasteiger partial charge in [-0.15, -0.1) is 0 Å². The molecule has 0 fully saturated rings. The molecule has 0 amide bonds. The Balaban J connectivity index is 2.28. The van der Waals surface area contributed by atoms with Crippen molar-refractivity contribution in [2.24, 2.45) is 16.9 Å². The number of hydrogen-bond acceptors (Lipinski definition) is 5. The van der Waals surface area contributed by atoms with Gasteiger partial charge in [0.1, 0.15) is 5.15 Å². The lowest BCUT2D eigenvalue weighted by Gasteiger charge is -2.33. The van der Waals surface area contributed by atoms with E-state index in [0.29, 0.717) is 29.3 Å². The van der Waals surface area contributed by atoms with Gasteiger partial charge in [-0.25, -0.2) is 4.98 Å². The minimum absolute atomic E-state index is 0.0181. The van der Waals surface area contributed by atoms with Crippen molar-refractivity contribution in [3.63, 3.8) is 0 Å². The number of allylic oxidation sites excluding steroid dienone is 3. The molecule has 4 N–H and O–H groups in total. The maximum absolute atomic E-state index is 12.8. The van der Waals surface area contributed by atoms with Crippen LogP contribution < -0.4 is 11.5 Å². The zero-order chi connectivity index (χ0) is 17.2. The van der Waals surface area contributed by atoms with Crippen LogP contribution >= 0.6 is 11.6 Å². The maximum Gasteiger partial charge on any atom is 0.184 e. The number of halogens is 1. The highest BCUT2D eigenvalue weighted by molar-refractivity contribution is 6.29. The summed E-state index contributed by atoms with van der Waals surface area (Å²) in [7, 11) is 0. The lowest BCUT2D eigenvalue weighted by atomic mass is 9.71. The van der Waals surface area contributed by atoms with Crippen molar-refractivity contribution >= 4 is 17.4 Å². The van der Waals surface area contributed by atoms with Crippen molar-refractivity contribution in [3.05, 3.63) is 52.3 Å². The Bertz CT molecular complexity index is 682. The van der Waals surface area contributed by atoms with E-state index in [1.165, 1.54) is 0 Å². The molecular weight excluding hydrogens is 314 g/mol. The average molecular weight is 336 g/mol. The quantitative estimate of drug-likeness (QED) is 0.501. The number of aromatic nitrogens is 1. The number of ether oxygens (including phenoxy) is 1. The second-order valence-electron chi connectivity index (χ2n) is 6.15. The van der Waals surface area contributed by atoms with E-state index in [9.17, 15) is 4.79 Å². The van der Waals surface area contributed by atoms with Gasteiger partial charge in [0, 0.05) is 11.3 Å². The van der Waals surface area contributed by atoms with E-state index in [2.05, 4.69) is 4.98 Å². The van der Waals surface area contributed by atoms with Crippen molar-refractivity contribution in [1.29, 1.82) is 0 Å². The number of carbonyl (C=O) groups is 1. The van der Waals surface area contributed by atoms with Gasteiger partial charge in [-0.05, 0) is 57.9 Å². The van der Waals surface area contributed by atoms with E-state index in [0.717, 1.165) is 5.69 Å². The smallest absolute Gasteiger partial charge is 0.184 e. The SMILES string of the molecule is CC(C)O/C(N)=C/C=C(\N)C1(C)CCc2nc(Cl)ccc2C1=O. The Kier molecular flexibility index (Phi) is 5.00. The number of Topliss-reactive ketones (excluding diaryl/α,β-unsaturated/α-hetero) is 1. The maximum atomic E-state index is 12.8. The first-order valence-corrected chi connectivity index (χ1v) is 7.92. The molecule has 1 aromatic rings. The Labute approximate surface area is 141 Å². The molecule has 1 aromatic heterocycles. The first-order valence-electron chi connectivity index (χ1n) is 7.54. The van der Waals surface area contributed by atoms with Crippen molar-refractivity contribution in [2.75, 3.05) is 0 Å². The van der Waals surface area contributed by atoms with E-state index in [-0.39, 0.29) is 17.8 Å². The molecule has 0 aromatic carbocycles. The highest BCUT2D eigenvalue weighted by atomic mass is 35.5. The van der Waals surface area contributed by atoms with Crippen LogP contribution in [-0.2, 0) is 11.2 Å². The minimum Gasteiger partial charge on any atom is -0.477 e. The zero-order valence-electron chi connectivity index (χ0n) is 13.6. The summed E-state index contributed by atoms with van der Waals surface area (Å²) < 4.78 is 5.35. The molecule has 5 nitrogen and oxygen atoms in total. The number of pyridine rings is 1. The number of ketones is 1. The number of nitrogens with two attached hydrogens (primary N) is 2. The molecule has 1 aliphatic carbocycles. The summed E-state index contributed by atoms with van der Waals surface area (Å²) in [6, 6.07) is 3.34. The highest BCUT2D eigenvalue weighted by Gasteiger charge is 2.41. The largest absolute Gasteiger partial charge is 0.477 e. The zero-order valence-corrected chi connectivity index (χ0v) is 14.4. The van der Waals surface area contributed by atoms with Crippen LogP contribution in [0.2, 0.25) is 5.15 Å². The molecule has 6 heteroatoms. The summed E-state index contributed by atoms with van der Waals surface area (Å²) in [4.78, 5) is 17.1. The van der Waals surface area contributed by atoms with Gasteiger partial charge in [-0.3, -0.25) is 4.79 Å². The molecule has 1 unspecified atom stereocenters. The number of rotatable bonds is 4. The van der Waals surface area contributed by atoms with Gasteiger partial charge < -0.3 is 16.2 Å². The minimum atomic E-state index is -0.781. The second-order valence-corrected chi connectivity index (χ2v) is 6.53. The fourth-order valence-electron chi connectivity index (χ4n) is 2.59. The van der Waals surface area contributed by atoms with Crippen LogP contribution in [0.4, 0.5) is 0 Å². The summed E-state index contributed by atoms with van der Waals surface area (Å²) in [5, 5.41) is 0.394. The first kappa shape index (κ1) is 17.3. The predicted octanol–water partition coefficient (Wildman–Crippen LogP) is 2.94. The standard InChI is InChI=1S/C17H22ClN3O2/c1-10(2)23-15(20)7-5-13(19)17(3)9-8-12-11(16(17)22)4-6-14(18)21-12/h4-7,10H,8-9,19-20H2,1-3H3/b13-5-,15-7+. The van der Waals surface area contributed by atoms with Gasteiger partial charge in [0.15, 0.2) is 11.7 Å². The summed E-state index contributed by atoms with van der Waals surface area (Å²) in [5.41, 5.74) is 12.9. The molecule has 0 saturated carbocycles. The van der Waals surface area contributed by atoms with Crippen molar-refractivity contribution in [3.8, 4) is 0 Å². The van der Waals surface area contributed by atoms with E-state index in [1.807, 2.05) is 20.8 Å². The predicted molar refractivity (Wildman–Crippen MR) is 90.8 cm³/mol. The molecule has 1 heterocycles. The fourth-order valence-corrected chi connectivity index (χ4v) is 2.76. The third-order valence-electron chi connectivity index (χ3n) is 3.98. The molecule has 1 aliphatic rings. The van der Waals surface area contributed by atoms with Crippen LogP contribution in [0, 0.1) is 5.41 Å². The first-order chi connectivity index (χ1) is 10.7. The van der Waals surface area contributed by atoms with E-state index in [4.69, 9.17) is 27.8 Å². The normalized spacial score (nSPS) is 22.2. The van der Waals surface area contributed by atoms with Gasteiger partial charge >= 0.3 is 0 Å². The Hall–Kier alpha value is -2.01. The summed E-state index contributed by atoms with van der Waals surface area (Å²) in [6.45, 7) is 5.61. The topological polar surface area (TPSA) is 91.2 Å². The fraction of sp³-hybridized carbons (Fsp3) is 0.412. The van der Waals surface area contributed by atoms with Crippen LogP contribution in [0.25, 0.3) is 0 Å². The Morgan fingerprint density at radius 1 is 1.39 bits per heavy atom. The third-order valence-corrected chi connectivity index (χ3v) is 4.19. The Morgan fingerprint density at radius 3 is 2.74 bits per heavy atom. The van der Waals surface area contributed by atoms with Crippen LogP contribution in [-0.4, -0.2) is 16.9 Å². The van der Waals surface area contributed by atoms with Crippen molar-refractivity contribution < 1.29 is 9.53 Å². The molecule has 124 valence electrons. The molecular formula is C17H22ClN3O2. The highest BCUT2D eigenvalue weighted by Crippen LogP contribution is 2.38. The molecule has 0 saturated heterocycles. The molecule has 1 atom stereocenters. The number of hydrogen-bond donors (Lipinski definition) is 2. The number of fused-ring (bicyclic) bond motifs is 1. The summed E-state index contributed by atoms with van der Waals surface area (Å²) >= 11 is 5.89. The van der Waals surface area contributed by atoms with E-state index in [1.54, 1.807) is 24.3 Å². The summed E-state index contributed by atoms with van der Waals surface area (Å²) in [6.07, 6.45) is 4.44. The van der Waals surface area contributed by atoms with Crippen LogP contribution in [0.15, 0.2) is 35.9 Å².